The third kappa shape index (κ3) is 2.10. The Morgan fingerprint density at radius 3 is 2.89 bits per heavy atom. The van der Waals surface area contributed by atoms with Gasteiger partial charge in [-0.3, -0.25) is 4.79 Å². The number of thiazole rings is 1. The van der Waals surface area contributed by atoms with E-state index in [0.717, 1.165) is 30.0 Å². The smallest absolute Gasteiger partial charge is 0.221 e. The summed E-state index contributed by atoms with van der Waals surface area (Å²) in [5.41, 5.74) is 1.88. The number of nitrogens with zero attached hydrogens (tertiary/aromatic N) is 1. The molecule has 0 N–H and O–H groups in total. The number of aromatic nitrogens is 1. The van der Waals surface area contributed by atoms with Gasteiger partial charge in [0.2, 0.25) is 5.78 Å². The molecule has 1 unspecified atom stereocenters. The Labute approximate surface area is 111 Å². The highest BCUT2D eigenvalue weighted by Crippen LogP contribution is 2.30. The van der Waals surface area contributed by atoms with E-state index in [1.54, 1.807) is 11.3 Å². The first-order valence-corrected chi connectivity index (χ1v) is 7.14. The Hall–Kier alpha value is -1.48. The van der Waals surface area contributed by atoms with Gasteiger partial charge in [0.1, 0.15) is 0 Å². The Morgan fingerprint density at radius 1 is 1.33 bits per heavy atom. The molecule has 1 aromatic heterocycles. The molecule has 1 atom stereocenters. The highest BCUT2D eigenvalue weighted by atomic mass is 32.1. The molecule has 0 radical (unpaired) electrons. The van der Waals surface area contributed by atoms with Gasteiger partial charge in [0.05, 0.1) is 5.69 Å². The van der Waals surface area contributed by atoms with Crippen molar-refractivity contribution in [2.45, 2.75) is 26.2 Å². The number of carbonyl (C=O) groups is 1. The molecule has 0 fully saturated rings. The second-order valence-electron chi connectivity index (χ2n) is 4.93. The van der Waals surface area contributed by atoms with E-state index in [0.29, 0.717) is 5.01 Å². The normalized spacial score (nSPS) is 18.4. The summed E-state index contributed by atoms with van der Waals surface area (Å²) >= 11 is 1.58. The van der Waals surface area contributed by atoms with Crippen LogP contribution in [0, 0.1) is 5.92 Å². The lowest BCUT2D eigenvalue weighted by atomic mass is 9.93. The Bertz CT molecular complexity index is 573. The molecule has 2 aromatic rings. The number of hydrogen-bond donors (Lipinski definition) is 0. The van der Waals surface area contributed by atoms with Crippen LogP contribution in [0.1, 0.15) is 39.3 Å². The van der Waals surface area contributed by atoms with E-state index in [9.17, 15) is 4.79 Å². The number of carbonyl (C=O) groups excluding carboxylic acids is 1. The average molecular weight is 257 g/mol. The number of aryl methyl sites for hydroxylation is 1. The van der Waals surface area contributed by atoms with E-state index < -0.39 is 0 Å². The first-order valence-electron chi connectivity index (χ1n) is 6.32. The Morgan fingerprint density at radius 2 is 2.11 bits per heavy atom. The van der Waals surface area contributed by atoms with Gasteiger partial charge < -0.3 is 0 Å². The van der Waals surface area contributed by atoms with Crippen LogP contribution in [0.3, 0.4) is 0 Å². The minimum Gasteiger partial charge on any atom is -0.286 e. The van der Waals surface area contributed by atoms with E-state index in [1.807, 2.05) is 30.3 Å². The molecular weight excluding hydrogens is 242 g/mol. The van der Waals surface area contributed by atoms with Gasteiger partial charge in [-0.05, 0) is 25.2 Å². The Balaban J connectivity index is 1.92. The van der Waals surface area contributed by atoms with Gasteiger partial charge in [-0.15, -0.1) is 11.3 Å². The fraction of sp³-hybridized carbons (Fsp3) is 0.333. The third-order valence-electron chi connectivity index (χ3n) is 3.42. The fourth-order valence-corrected chi connectivity index (χ4v) is 3.58. The molecule has 0 amide bonds. The van der Waals surface area contributed by atoms with Crippen LogP contribution in [0.2, 0.25) is 0 Å². The van der Waals surface area contributed by atoms with Crippen LogP contribution in [-0.4, -0.2) is 10.8 Å². The fourth-order valence-electron chi connectivity index (χ4n) is 2.35. The van der Waals surface area contributed by atoms with Crippen molar-refractivity contribution < 1.29 is 4.79 Å². The van der Waals surface area contributed by atoms with Crippen molar-refractivity contribution in [2.24, 2.45) is 5.92 Å². The van der Waals surface area contributed by atoms with Crippen molar-refractivity contribution >= 4 is 17.1 Å². The van der Waals surface area contributed by atoms with Crippen molar-refractivity contribution in [3.63, 3.8) is 0 Å². The zero-order valence-electron chi connectivity index (χ0n) is 10.3. The lowest BCUT2D eigenvalue weighted by Crippen LogP contribution is -2.09. The van der Waals surface area contributed by atoms with Gasteiger partial charge in [0, 0.05) is 10.4 Å². The molecular formula is C15H15NOS. The van der Waals surface area contributed by atoms with Gasteiger partial charge in [-0.2, -0.15) is 0 Å². The number of hydrogen-bond acceptors (Lipinski definition) is 3. The number of benzene rings is 1. The molecule has 0 saturated carbocycles. The van der Waals surface area contributed by atoms with Crippen LogP contribution >= 0.6 is 11.3 Å². The molecule has 0 bridgehead atoms. The van der Waals surface area contributed by atoms with Gasteiger partial charge in [-0.1, -0.05) is 37.3 Å². The van der Waals surface area contributed by atoms with Crippen LogP contribution in [0.15, 0.2) is 30.3 Å². The highest BCUT2D eigenvalue weighted by molar-refractivity contribution is 7.14. The first-order chi connectivity index (χ1) is 8.74. The van der Waals surface area contributed by atoms with Crippen molar-refractivity contribution in [1.82, 2.24) is 4.98 Å². The molecule has 1 heterocycles. The summed E-state index contributed by atoms with van der Waals surface area (Å²) in [5.74, 6) is 0.778. The predicted molar refractivity (Wildman–Crippen MR) is 73.2 cm³/mol. The molecule has 2 nitrogen and oxygen atoms in total. The quantitative estimate of drug-likeness (QED) is 0.771. The van der Waals surface area contributed by atoms with E-state index >= 15 is 0 Å². The van der Waals surface area contributed by atoms with Crippen LogP contribution in [-0.2, 0) is 12.8 Å². The maximum absolute atomic E-state index is 12.3. The predicted octanol–water partition coefficient (Wildman–Crippen LogP) is 3.50. The molecule has 3 heteroatoms. The molecule has 3 rings (SSSR count). The molecule has 1 aromatic carbocycles. The molecule has 18 heavy (non-hydrogen) atoms. The van der Waals surface area contributed by atoms with Crippen molar-refractivity contribution in [3.05, 3.63) is 51.5 Å². The molecule has 1 aliphatic carbocycles. The van der Waals surface area contributed by atoms with Crippen LogP contribution < -0.4 is 0 Å². The van der Waals surface area contributed by atoms with E-state index in [1.165, 1.54) is 11.3 Å². The van der Waals surface area contributed by atoms with Crippen LogP contribution in [0.4, 0.5) is 0 Å². The van der Waals surface area contributed by atoms with Crippen molar-refractivity contribution in [2.75, 3.05) is 0 Å². The van der Waals surface area contributed by atoms with Crippen LogP contribution in [0.5, 0.6) is 0 Å². The minimum absolute atomic E-state index is 0.0580. The minimum atomic E-state index is 0.0580. The molecule has 0 spiro atoms. The van der Waals surface area contributed by atoms with Crippen molar-refractivity contribution in [1.29, 1.82) is 0 Å². The topological polar surface area (TPSA) is 30.0 Å². The van der Waals surface area contributed by atoms with E-state index in [-0.39, 0.29) is 5.78 Å². The van der Waals surface area contributed by atoms with Gasteiger partial charge in [0.15, 0.2) is 5.01 Å². The van der Waals surface area contributed by atoms with Crippen LogP contribution in [0.25, 0.3) is 0 Å². The van der Waals surface area contributed by atoms with E-state index in [2.05, 4.69) is 11.9 Å². The summed E-state index contributed by atoms with van der Waals surface area (Å²) in [6, 6.07) is 9.41. The zero-order chi connectivity index (χ0) is 12.5. The van der Waals surface area contributed by atoms with Gasteiger partial charge >= 0.3 is 0 Å². The lowest BCUT2D eigenvalue weighted by molar-refractivity contribution is 0.103. The maximum Gasteiger partial charge on any atom is 0.221 e. The monoisotopic (exact) mass is 257 g/mol. The van der Waals surface area contributed by atoms with E-state index in [4.69, 9.17) is 0 Å². The summed E-state index contributed by atoms with van der Waals surface area (Å²) in [5, 5.41) is 0.653. The van der Waals surface area contributed by atoms with Crippen molar-refractivity contribution in [3.8, 4) is 0 Å². The first kappa shape index (κ1) is 11.6. The maximum atomic E-state index is 12.3. The molecule has 0 saturated heterocycles. The third-order valence-corrected chi connectivity index (χ3v) is 4.53. The molecule has 92 valence electrons. The SMILES string of the molecule is CC1CCc2nc(C(=O)c3ccccc3)sc2C1. The largest absolute Gasteiger partial charge is 0.286 e. The number of rotatable bonds is 2. The highest BCUT2D eigenvalue weighted by Gasteiger charge is 2.22. The van der Waals surface area contributed by atoms with Gasteiger partial charge in [-0.25, -0.2) is 4.98 Å². The number of fused-ring (bicyclic) bond motifs is 1. The summed E-state index contributed by atoms with van der Waals surface area (Å²) < 4.78 is 0. The average Bonchev–Trinajstić information content (AvgIpc) is 2.81. The standard InChI is InChI=1S/C15H15NOS/c1-10-7-8-12-13(9-10)18-15(16-12)14(17)11-5-3-2-4-6-11/h2-6,10H,7-9H2,1H3. The summed E-state index contributed by atoms with van der Waals surface area (Å²) in [4.78, 5) is 18.1. The summed E-state index contributed by atoms with van der Waals surface area (Å²) in [6.07, 6.45) is 3.29. The Kier molecular flexibility index (Phi) is 3.00. The molecule has 1 aliphatic rings. The second kappa shape index (κ2) is 4.65. The van der Waals surface area contributed by atoms with Gasteiger partial charge in [0.25, 0.3) is 0 Å². The number of ketones is 1. The second-order valence-corrected chi connectivity index (χ2v) is 6.02. The lowest BCUT2D eigenvalue weighted by Gasteiger charge is -2.15. The summed E-state index contributed by atoms with van der Waals surface area (Å²) in [7, 11) is 0. The summed E-state index contributed by atoms with van der Waals surface area (Å²) in [6.45, 7) is 2.27. The zero-order valence-corrected chi connectivity index (χ0v) is 11.2. The molecule has 0 aliphatic heterocycles.